The van der Waals surface area contributed by atoms with Crippen LogP contribution in [0.3, 0.4) is 0 Å². The highest BCUT2D eigenvalue weighted by molar-refractivity contribution is 8.12. The summed E-state index contributed by atoms with van der Waals surface area (Å²) in [6.45, 7) is 7.04. The summed E-state index contributed by atoms with van der Waals surface area (Å²) >= 11 is 4.67. The van der Waals surface area contributed by atoms with Crippen molar-refractivity contribution in [3.8, 4) is 0 Å². The van der Waals surface area contributed by atoms with E-state index < -0.39 is 29.6 Å². The molecule has 1 amide bonds. The first-order chi connectivity index (χ1) is 11.6. The lowest BCUT2D eigenvalue weighted by Crippen LogP contribution is -2.35. The zero-order valence-electron chi connectivity index (χ0n) is 14.9. The average molecular weight is 384 g/mol. The molecular formula is C18H25NO4S2. The molecule has 0 bridgehead atoms. The molecule has 0 fully saturated rings. The molecule has 0 saturated heterocycles. The summed E-state index contributed by atoms with van der Waals surface area (Å²) in [4.78, 5) is 35.5. The highest BCUT2D eigenvalue weighted by Gasteiger charge is 2.26. The molecule has 25 heavy (non-hydrogen) atoms. The molecule has 0 heterocycles. The Kier molecular flexibility index (Phi) is 8.52. The Morgan fingerprint density at radius 1 is 1.12 bits per heavy atom. The summed E-state index contributed by atoms with van der Waals surface area (Å²) < 4.78 is 0.964. The van der Waals surface area contributed by atoms with Gasteiger partial charge in [0.1, 0.15) is 6.54 Å². The molecule has 0 aliphatic heterocycles. The molecule has 0 aromatic heterocycles. The Morgan fingerprint density at radius 3 is 2.12 bits per heavy atom. The van der Waals surface area contributed by atoms with Crippen molar-refractivity contribution in [1.29, 1.82) is 0 Å². The van der Waals surface area contributed by atoms with Crippen LogP contribution in [0.5, 0.6) is 0 Å². The zero-order chi connectivity index (χ0) is 19.1. The van der Waals surface area contributed by atoms with E-state index in [2.05, 4.69) is 26.5 Å². The van der Waals surface area contributed by atoms with Crippen molar-refractivity contribution in [2.45, 2.75) is 45.3 Å². The van der Waals surface area contributed by atoms with E-state index >= 15 is 0 Å². The SMILES string of the molecule is CC(C)Cc1ccc(C(C)C(=O)SN(CC(=O)O)C(=O)C(C)S)cc1. The van der Waals surface area contributed by atoms with E-state index in [1.807, 2.05) is 24.3 Å². The average Bonchev–Trinajstić information content (AvgIpc) is 2.52. The number of aliphatic carboxylic acids is 1. The Morgan fingerprint density at radius 2 is 1.68 bits per heavy atom. The first-order valence-corrected chi connectivity index (χ1v) is 9.42. The quantitative estimate of drug-likeness (QED) is 0.558. The van der Waals surface area contributed by atoms with Gasteiger partial charge in [0.25, 0.3) is 0 Å². The fraction of sp³-hybridized carbons (Fsp3) is 0.500. The molecule has 0 aliphatic carbocycles. The van der Waals surface area contributed by atoms with E-state index in [0.29, 0.717) is 17.9 Å². The Labute approximate surface area is 158 Å². The molecule has 1 N–H and O–H groups in total. The second-order valence-corrected chi connectivity index (χ2v) is 8.22. The molecular weight excluding hydrogens is 358 g/mol. The van der Waals surface area contributed by atoms with Crippen LogP contribution in [-0.2, 0) is 20.8 Å². The molecule has 2 unspecified atom stereocenters. The first kappa shape index (κ1) is 21.6. The van der Waals surface area contributed by atoms with Crippen LogP contribution in [0.4, 0.5) is 0 Å². The van der Waals surface area contributed by atoms with E-state index in [4.69, 9.17) is 5.11 Å². The Bertz CT molecular complexity index is 614. The molecule has 5 nitrogen and oxygen atoms in total. The van der Waals surface area contributed by atoms with Crippen molar-refractivity contribution in [2.75, 3.05) is 6.54 Å². The number of carboxylic acid groups (broad SMARTS) is 1. The van der Waals surface area contributed by atoms with Gasteiger partial charge in [0.05, 0.1) is 11.2 Å². The maximum Gasteiger partial charge on any atom is 0.324 e. The van der Waals surface area contributed by atoms with Gasteiger partial charge in [-0.05, 0) is 30.4 Å². The number of carbonyl (C=O) groups is 3. The van der Waals surface area contributed by atoms with Crippen LogP contribution in [0.1, 0.15) is 44.7 Å². The van der Waals surface area contributed by atoms with E-state index in [1.165, 1.54) is 5.56 Å². The number of hydrogen-bond donors (Lipinski definition) is 2. The topological polar surface area (TPSA) is 74.7 Å². The maximum atomic E-state index is 12.5. The van der Waals surface area contributed by atoms with Crippen molar-refractivity contribution in [3.05, 3.63) is 35.4 Å². The van der Waals surface area contributed by atoms with E-state index in [1.54, 1.807) is 13.8 Å². The van der Waals surface area contributed by atoms with Crippen molar-refractivity contribution in [3.63, 3.8) is 0 Å². The highest BCUT2D eigenvalue weighted by Crippen LogP contribution is 2.26. The van der Waals surface area contributed by atoms with Gasteiger partial charge in [0, 0.05) is 11.9 Å². The zero-order valence-corrected chi connectivity index (χ0v) is 16.6. The molecule has 1 aromatic rings. The summed E-state index contributed by atoms with van der Waals surface area (Å²) in [5.41, 5.74) is 2.05. The summed E-state index contributed by atoms with van der Waals surface area (Å²) in [6, 6.07) is 7.82. The van der Waals surface area contributed by atoms with Crippen molar-refractivity contribution >= 4 is 41.6 Å². The first-order valence-electron chi connectivity index (χ1n) is 8.13. The lowest BCUT2D eigenvalue weighted by molar-refractivity contribution is -0.140. The minimum Gasteiger partial charge on any atom is -0.480 e. The number of hydrogen-bond acceptors (Lipinski definition) is 5. The van der Waals surface area contributed by atoms with Gasteiger partial charge in [0.2, 0.25) is 11.0 Å². The molecule has 0 aliphatic rings. The summed E-state index contributed by atoms with van der Waals surface area (Å²) in [5, 5.41) is 7.99. The van der Waals surface area contributed by atoms with Crippen LogP contribution in [0.25, 0.3) is 0 Å². The number of nitrogens with zero attached hydrogens (tertiary/aromatic N) is 1. The maximum absolute atomic E-state index is 12.5. The van der Waals surface area contributed by atoms with Gasteiger partial charge in [-0.25, -0.2) is 0 Å². The molecule has 0 saturated carbocycles. The van der Waals surface area contributed by atoms with Crippen LogP contribution in [0.2, 0.25) is 0 Å². The fourth-order valence-corrected chi connectivity index (χ4v) is 3.38. The highest BCUT2D eigenvalue weighted by atomic mass is 32.2. The molecule has 7 heteroatoms. The predicted molar refractivity (Wildman–Crippen MR) is 104 cm³/mol. The van der Waals surface area contributed by atoms with Gasteiger partial charge in [-0.1, -0.05) is 45.0 Å². The predicted octanol–water partition coefficient (Wildman–Crippen LogP) is 3.39. The number of rotatable bonds is 7. The minimum absolute atomic E-state index is 0.278. The number of carboxylic acids is 1. The van der Waals surface area contributed by atoms with E-state index in [0.717, 1.165) is 16.3 Å². The van der Waals surface area contributed by atoms with E-state index in [-0.39, 0.29) is 5.12 Å². The van der Waals surface area contributed by atoms with Crippen molar-refractivity contribution < 1.29 is 19.5 Å². The van der Waals surface area contributed by atoms with Gasteiger partial charge in [-0.15, -0.1) is 0 Å². The number of benzene rings is 1. The molecule has 0 radical (unpaired) electrons. The van der Waals surface area contributed by atoms with Crippen LogP contribution in [0.15, 0.2) is 24.3 Å². The lowest BCUT2D eigenvalue weighted by atomic mass is 9.97. The molecule has 138 valence electrons. The van der Waals surface area contributed by atoms with Crippen LogP contribution in [-0.4, -0.2) is 38.2 Å². The summed E-state index contributed by atoms with van der Waals surface area (Å²) in [5.74, 6) is -1.56. The van der Waals surface area contributed by atoms with E-state index in [9.17, 15) is 14.4 Å². The van der Waals surface area contributed by atoms with Crippen LogP contribution in [0, 0.1) is 5.92 Å². The van der Waals surface area contributed by atoms with Gasteiger partial charge < -0.3 is 5.11 Å². The third-order valence-electron chi connectivity index (χ3n) is 3.56. The second-order valence-electron chi connectivity index (χ2n) is 6.42. The number of carbonyl (C=O) groups excluding carboxylic acids is 2. The fourth-order valence-electron chi connectivity index (χ4n) is 2.22. The molecule has 1 rings (SSSR count). The van der Waals surface area contributed by atoms with Crippen LogP contribution < -0.4 is 0 Å². The van der Waals surface area contributed by atoms with Gasteiger partial charge in [-0.2, -0.15) is 12.6 Å². The van der Waals surface area contributed by atoms with Crippen molar-refractivity contribution in [1.82, 2.24) is 4.31 Å². The molecule has 1 aromatic carbocycles. The third kappa shape index (κ3) is 7.12. The largest absolute Gasteiger partial charge is 0.480 e. The smallest absolute Gasteiger partial charge is 0.324 e. The van der Waals surface area contributed by atoms with Crippen LogP contribution >= 0.6 is 24.6 Å². The van der Waals surface area contributed by atoms with Gasteiger partial charge in [0.15, 0.2) is 0 Å². The lowest BCUT2D eigenvalue weighted by Gasteiger charge is -2.21. The number of thiol groups is 1. The van der Waals surface area contributed by atoms with Gasteiger partial charge >= 0.3 is 5.97 Å². The normalized spacial score (nSPS) is 13.4. The second kappa shape index (κ2) is 9.87. The third-order valence-corrected chi connectivity index (χ3v) is 4.84. The summed E-state index contributed by atoms with van der Waals surface area (Å²) in [7, 11) is 0. The molecule has 0 spiro atoms. The van der Waals surface area contributed by atoms with Crippen molar-refractivity contribution in [2.24, 2.45) is 5.92 Å². The number of amides is 1. The Balaban J connectivity index is 2.82. The molecule has 2 atom stereocenters. The minimum atomic E-state index is -1.17. The summed E-state index contributed by atoms with van der Waals surface area (Å²) in [6.07, 6.45) is 0.970. The standard InChI is InChI=1S/C18H25NO4S2/c1-11(2)9-14-5-7-15(8-6-14)12(3)18(23)25-19(10-16(20)21)17(22)13(4)24/h5-8,11-13,24H,9-10H2,1-4H3,(H,20,21). The van der Waals surface area contributed by atoms with Gasteiger partial charge in [-0.3, -0.25) is 18.7 Å². The Hall–Kier alpha value is -1.47. The monoisotopic (exact) mass is 383 g/mol.